The summed E-state index contributed by atoms with van der Waals surface area (Å²) in [6, 6.07) is 5.54. The molecule has 98 valence electrons. The van der Waals surface area contributed by atoms with Gasteiger partial charge >= 0.3 is 7.12 Å². The first-order valence-electron chi connectivity index (χ1n) is 6.39. The molecule has 0 radical (unpaired) electrons. The van der Waals surface area contributed by atoms with Crippen LogP contribution in [0.25, 0.3) is 0 Å². The van der Waals surface area contributed by atoms with Gasteiger partial charge in [0, 0.05) is 11.8 Å². The Bertz CT molecular complexity index is 576. The first-order valence-corrected chi connectivity index (χ1v) is 6.39. The van der Waals surface area contributed by atoms with E-state index in [9.17, 15) is 4.79 Å². The predicted molar refractivity (Wildman–Crippen MR) is 74.1 cm³/mol. The molecule has 1 amide bonds. The molecule has 0 saturated carbocycles. The molecule has 5 heteroatoms. The van der Waals surface area contributed by atoms with Crippen LogP contribution in [-0.4, -0.2) is 30.4 Å². The molecular weight excluding hydrogens is 241 g/mol. The van der Waals surface area contributed by atoms with Crippen LogP contribution in [0.1, 0.15) is 43.6 Å². The minimum Gasteiger partial charge on any atom is -0.399 e. The lowest BCUT2D eigenvalue weighted by Crippen LogP contribution is -2.41. The second-order valence-corrected chi connectivity index (χ2v) is 5.96. The monoisotopic (exact) mass is 257 g/mol. The van der Waals surface area contributed by atoms with E-state index >= 15 is 0 Å². The highest BCUT2D eigenvalue weighted by atomic mass is 16.7. The van der Waals surface area contributed by atoms with Gasteiger partial charge in [0.15, 0.2) is 0 Å². The molecule has 0 N–H and O–H groups in total. The Labute approximate surface area is 113 Å². The molecule has 0 spiro atoms. The van der Waals surface area contributed by atoms with Crippen molar-refractivity contribution in [1.82, 2.24) is 0 Å². The van der Waals surface area contributed by atoms with Crippen LogP contribution in [0.15, 0.2) is 23.2 Å². The van der Waals surface area contributed by atoms with Crippen LogP contribution in [0.5, 0.6) is 0 Å². The van der Waals surface area contributed by atoms with E-state index in [2.05, 4.69) is 4.99 Å². The molecule has 3 rings (SSSR count). The van der Waals surface area contributed by atoms with E-state index < -0.39 is 7.12 Å². The number of amides is 1. The lowest BCUT2D eigenvalue weighted by molar-refractivity contribution is 0.00578. The number of carbonyl (C=O) groups is 1. The summed E-state index contributed by atoms with van der Waals surface area (Å²) in [7, 11) is -0.461. The number of carbonyl (C=O) groups excluding carboxylic acids is 1. The molecule has 2 aliphatic rings. The fraction of sp³-hybridized carbons (Fsp3) is 0.429. The lowest BCUT2D eigenvalue weighted by atomic mass is 9.75. The largest absolute Gasteiger partial charge is 0.495 e. The van der Waals surface area contributed by atoms with Crippen molar-refractivity contribution in [3.63, 3.8) is 0 Å². The van der Waals surface area contributed by atoms with Gasteiger partial charge in [-0.1, -0.05) is 12.1 Å². The molecule has 1 saturated heterocycles. The number of rotatable bonds is 1. The van der Waals surface area contributed by atoms with Gasteiger partial charge in [0.2, 0.25) is 0 Å². The first kappa shape index (κ1) is 12.6. The normalized spacial score (nSPS) is 22.9. The number of hydrogen-bond donors (Lipinski definition) is 0. The molecule has 2 aliphatic heterocycles. The Balaban J connectivity index is 2.03. The van der Waals surface area contributed by atoms with E-state index in [1.54, 1.807) is 12.3 Å². The Morgan fingerprint density at radius 3 is 2.37 bits per heavy atom. The summed E-state index contributed by atoms with van der Waals surface area (Å²) in [5, 5.41) is 0. The molecule has 2 heterocycles. The van der Waals surface area contributed by atoms with E-state index in [1.165, 1.54) is 0 Å². The number of nitrogens with zero attached hydrogens (tertiary/aromatic N) is 1. The van der Waals surface area contributed by atoms with Gasteiger partial charge in [0.1, 0.15) is 0 Å². The standard InChI is InChI=1S/C14H16BNO3/c1-13(2)14(3,4)19-15(18-13)11-7-5-6-9-10(11)8-16-12(9)17/h5-8H,1-4H3. The van der Waals surface area contributed by atoms with E-state index in [0.717, 1.165) is 11.0 Å². The Hall–Kier alpha value is -1.46. The predicted octanol–water partition coefficient (Wildman–Crippen LogP) is 1.56. The van der Waals surface area contributed by atoms with Crippen LogP contribution in [0, 0.1) is 0 Å². The highest BCUT2D eigenvalue weighted by molar-refractivity contribution is 6.64. The van der Waals surface area contributed by atoms with Crippen molar-refractivity contribution in [3.05, 3.63) is 29.3 Å². The second kappa shape index (κ2) is 3.77. The summed E-state index contributed by atoms with van der Waals surface area (Å²) in [5.41, 5.74) is 1.52. The van der Waals surface area contributed by atoms with Crippen molar-refractivity contribution in [1.29, 1.82) is 0 Å². The van der Waals surface area contributed by atoms with Crippen LogP contribution >= 0.6 is 0 Å². The highest BCUT2D eigenvalue weighted by Gasteiger charge is 2.52. The van der Waals surface area contributed by atoms with Gasteiger partial charge in [0.25, 0.3) is 5.91 Å². The third kappa shape index (κ3) is 1.76. The van der Waals surface area contributed by atoms with Gasteiger partial charge in [-0.2, -0.15) is 0 Å². The Morgan fingerprint density at radius 1 is 1.11 bits per heavy atom. The zero-order valence-electron chi connectivity index (χ0n) is 11.6. The van der Waals surface area contributed by atoms with Crippen LogP contribution < -0.4 is 5.46 Å². The molecule has 0 atom stereocenters. The average molecular weight is 257 g/mol. The molecule has 0 aliphatic carbocycles. The van der Waals surface area contributed by atoms with Gasteiger partial charge in [-0.25, -0.2) is 4.99 Å². The Morgan fingerprint density at radius 2 is 1.74 bits per heavy atom. The van der Waals surface area contributed by atoms with Crippen molar-refractivity contribution in [2.24, 2.45) is 4.99 Å². The van der Waals surface area contributed by atoms with Crippen molar-refractivity contribution in [3.8, 4) is 0 Å². The summed E-state index contributed by atoms with van der Waals surface area (Å²) >= 11 is 0. The molecular formula is C14H16BNO3. The summed E-state index contributed by atoms with van der Waals surface area (Å²) in [5.74, 6) is -0.201. The molecule has 0 unspecified atom stereocenters. The molecule has 0 bridgehead atoms. The van der Waals surface area contributed by atoms with E-state index in [4.69, 9.17) is 9.31 Å². The van der Waals surface area contributed by atoms with Gasteiger partial charge in [-0.3, -0.25) is 4.79 Å². The molecule has 1 aromatic carbocycles. The second-order valence-electron chi connectivity index (χ2n) is 5.96. The Kier molecular flexibility index (Phi) is 2.50. The number of benzene rings is 1. The van der Waals surface area contributed by atoms with E-state index in [1.807, 2.05) is 39.8 Å². The van der Waals surface area contributed by atoms with Gasteiger partial charge < -0.3 is 9.31 Å². The molecule has 1 fully saturated rings. The third-order valence-electron chi connectivity index (χ3n) is 4.19. The van der Waals surface area contributed by atoms with E-state index in [-0.39, 0.29) is 17.1 Å². The summed E-state index contributed by atoms with van der Waals surface area (Å²) in [6.07, 6.45) is 1.60. The van der Waals surface area contributed by atoms with Crippen LogP contribution in [-0.2, 0) is 9.31 Å². The number of fused-ring (bicyclic) bond motifs is 1. The van der Waals surface area contributed by atoms with Crippen molar-refractivity contribution in [2.45, 2.75) is 38.9 Å². The molecule has 0 aromatic heterocycles. The number of hydrogen-bond acceptors (Lipinski definition) is 3. The fourth-order valence-electron chi connectivity index (χ4n) is 2.28. The zero-order valence-corrected chi connectivity index (χ0v) is 11.6. The fourth-order valence-corrected chi connectivity index (χ4v) is 2.28. The van der Waals surface area contributed by atoms with Crippen molar-refractivity contribution >= 4 is 24.7 Å². The lowest BCUT2D eigenvalue weighted by Gasteiger charge is -2.32. The van der Waals surface area contributed by atoms with Crippen LogP contribution in [0.4, 0.5) is 0 Å². The van der Waals surface area contributed by atoms with Gasteiger partial charge in [0.05, 0.1) is 16.8 Å². The third-order valence-corrected chi connectivity index (χ3v) is 4.19. The maximum absolute atomic E-state index is 11.6. The summed E-state index contributed by atoms with van der Waals surface area (Å²) in [6.45, 7) is 8.04. The topological polar surface area (TPSA) is 47.9 Å². The van der Waals surface area contributed by atoms with Crippen LogP contribution in [0.3, 0.4) is 0 Å². The quantitative estimate of drug-likeness (QED) is 0.717. The van der Waals surface area contributed by atoms with Gasteiger partial charge in [-0.15, -0.1) is 0 Å². The first-order chi connectivity index (χ1) is 8.82. The molecule has 1 aromatic rings. The zero-order chi connectivity index (χ0) is 13.8. The minimum absolute atomic E-state index is 0.201. The average Bonchev–Trinajstić information content (AvgIpc) is 2.78. The van der Waals surface area contributed by atoms with Gasteiger partial charge in [-0.05, 0) is 39.2 Å². The SMILES string of the molecule is CC1(C)OB(c2cccc3c2C=NC3=O)OC1(C)C. The maximum atomic E-state index is 11.6. The molecule has 19 heavy (non-hydrogen) atoms. The van der Waals surface area contributed by atoms with Crippen molar-refractivity contribution in [2.75, 3.05) is 0 Å². The highest BCUT2D eigenvalue weighted by Crippen LogP contribution is 2.36. The number of aliphatic imine (C=N–C) groups is 1. The molecule has 4 nitrogen and oxygen atoms in total. The van der Waals surface area contributed by atoms with Crippen molar-refractivity contribution < 1.29 is 14.1 Å². The maximum Gasteiger partial charge on any atom is 0.495 e. The van der Waals surface area contributed by atoms with E-state index in [0.29, 0.717) is 5.56 Å². The summed E-state index contributed by atoms with van der Waals surface area (Å²) < 4.78 is 12.0. The van der Waals surface area contributed by atoms with Crippen LogP contribution in [0.2, 0.25) is 0 Å². The minimum atomic E-state index is -0.461. The smallest absolute Gasteiger partial charge is 0.399 e. The summed E-state index contributed by atoms with van der Waals surface area (Å²) in [4.78, 5) is 15.4.